The van der Waals surface area contributed by atoms with Crippen molar-refractivity contribution in [1.29, 1.82) is 0 Å². The lowest BCUT2D eigenvalue weighted by atomic mass is 9.66. The van der Waals surface area contributed by atoms with Crippen LogP contribution in [0.5, 0.6) is 0 Å². The van der Waals surface area contributed by atoms with Crippen LogP contribution in [0.15, 0.2) is 0 Å². The fourth-order valence-corrected chi connectivity index (χ4v) is 2.51. The SMILES string of the molecule is CC(C)C(C)NC1C2CNCC1C2. The van der Waals surface area contributed by atoms with Crippen LogP contribution in [0.1, 0.15) is 27.2 Å². The van der Waals surface area contributed by atoms with E-state index in [1.807, 2.05) is 0 Å². The Morgan fingerprint density at radius 2 is 1.77 bits per heavy atom. The van der Waals surface area contributed by atoms with Crippen LogP contribution < -0.4 is 10.6 Å². The second-order valence-corrected chi connectivity index (χ2v) is 5.14. The third-order valence-corrected chi connectivity index (χ3v) is 3.89. The molecule has 3 aliphatic rings. The summed E-state index contributed by atoms with van der Waals surface area (Å²) in [6, 6.07) is 1.49. The van der Waals surface area contributed by atoms with Gasteiger partial charge in [-0.1, -0.05) is 13.8 Å². The molecule has 1 saturated carbocycles. The van der Waals surface area contributed by atoms with Crippen molar-refractivity contribution in [2.45, 2.75) is 39.3 Å². The van der Waals surface area contributed by atoms with E-state index in [1.165, 1.54) is 19.5 Å². The van der Waals surface area contributed by atoms with Crippen LogP contribution in [0, 0.1) is 17.8 Å². The van der Waals surface area contributed by atoms with Gasteiger partial charge in [-0.05, 0) is 44.2 Å². The minimum atomic E-state index is 0.674. The number of hydrogen-bond acceptors (Lipinski definition) is 2. The quantitative estimate of drug-likeness (QED) is 0.686. The van der Waals surface area contributed by atoms with Crippen molar-refractivity contribution in [1.82, 2.24) is 10.6 Å². The van der Waals surface area contributed by atoms with Gasteiger partial charge in [-0.3, -0.25) is 0 Å². The highest BCUT2D eigenvalue weighted by Gasteiger charge is 2.43. The molecule has 0 aromatic heterocycles. The zero-order chi connectivity index (χ0) is 9.42. The average Bonchev–Trinajstić information content (AvgIpc) is 2.14. The van der Waals surface area contributed by atoms with Crippen molar-refractivity contribution in [2.24, 2.45) is 17.8 Å². The summed E-state index contributed by atoms with van der Waals surface area (Å²) in [6.45, 7) is 9.37. The zero-order valence-corrected chi connectivity index (χ0v) is 9.01. The molecule has 0 aromatic carbocycles. The Kier molecular flexibility index (Phi) is 2.61. The first-order valence-electron chi connectivity index (χ1n) is 5.65. The minimum Gasteiger partial charge on any atom is -0.316 e. The summed E-state index contributed by atoms with van der Waals surface area (Å²) < 4.78 is 0. The molecule has 2 bridgehead atoms. The van der Waals surface area contributed by atoms with Gasteiger partial charge in [0.2, 0.25) is 0 Å². The first kappa shape index (κ1) is 9.47. The van der Waals surface area contributed by atoms with Crippen LogP contribution in [0.25, 0.3) is 0 Å². The molecule has 3 fully saturated rings. The van der Waals surface area contributed by atoms with E-state index in [4.69, 9.17) is 0 Å². The van der Waals surface area contributed by atoms with Crippen LogP contribution in [0.3, 0.4) is 0 Å². The second kappa shape index (κ2) is 3.58. The summed E-state index contributed by atoms with van der Waals surface area (Å²) in [5, 5.41) is 7.25. The Morgan fingerprint density at radius 3 is 2.23 bits per heavy atom. The Morgan fingerprint density at radius 1 is 1.15 bits per heavy atom. The third kappa shape index (κ3) is 1.75. The Hall–Kier alpha value is -0.0800. The fraction of sp³-hybridized carbons (Fsp3) is 1.00. The molecule has 0 radical (unpaired) electrons. The molecule has 2 heterocycles. The Balaban J connectivity index is 1.82. The van der Waals surface area contributed by atoms with Gasteiger partial charge in [0.05, 0.1) is 0 Å². The lowest BCUT2D eigenvalue weighted by Gasteiger charge is -2.51. The number of rotatable bonds is 3. The maximum absolute atomic E-state index is 3.78. The molecule has 2 heteroatoms. The van der Waals surface area contributed by atoms with Gasteiger partial charge >= 0.3 is 0 Å². The molecule has 0 amide bonds. The predicted octanol–water partition coefficient (Wildman–Crippen LogP) is 1.23. The number of piperidine rings is 2. The van der Waals surface area contributed by atoms with Crippen molar-refractivity contribution in [3.63, 3.8) is 0 Å². The van der Waals surface area contributed by atoms with Crippen molar-refractivity contribution >= 4 is 0 Å². The summed E-state index contributed by atoms with van der Waals surface area (Å²) >= 11 is 0. The van der Waals surface area contributed by atoms with Gasteiger partial charge in [0.25, 0.3) is 0 Å². The smallest absolute Gasteiger partial charge is 0.0151 e. The number of fused-ring (bicyclic) bond motifs is 2. The molecule has 0 spiro atoms. The van der Waals surface area contributed by atoms with Crippen LogP contribution in [0.2, 0.25) is 0 Å². The average molecular weight is 182 g/mol. The molecule has 3 atom stereocenters. The van der Waals surface area contributed by atoms with E-state index in [-0.39, 0.29) is 0 Å². The summed E-state index contributed by atoms with van der Waals surface area (Å²) in [7, 11) is 0. The van der Waals surface area contributed by atoms with E-state index >= 15 is 0 Å². The predicted molar refractivity (Wildman–Crippen MR) is 55.7 cm³/mol. The Bertz CT molecular complexity index is 165. The maximum atomic E-state index is 3.78. The monoisotopic (exact) mass is 182 g/mol. The van der Waals surface area contributed by atoms with E-state index in [0.717, 1.165) is 23.8 Å². The molecule has 0 aromatic rings. The highest BCUT2D eigenvalue weighted by Crippen LogP contribution is 2.36. The van der Waals surface area contributed by atoms with Gasteiger partial charge in [-0.15, -0.1) is 0 Å². The van der Waals surface area contributed by atoms with Crippen molar-refractivity contribution in [3.8, 4) is 0 Å². The van der Waals surface area contributed by atoms with Gasteiger partial charge in [0.1, 0.15) is 0 Å². The number of hydrogen-bond donors (Lipinski definition) is 2. The van der Waals surface area contributed by atoms with E-state index in [0.29, 0.717) is 6.04 Å². The first-order valence-corrected chi connectivity index (χ1v) is 5.65. The molecule has 3 rings (SSSR count). The molecule has 2 aliphatic heterocycles. The van der Waals surface area contributed by atoms with E-state index in [2.05, 4.69) is 31.4 Å². The van der Waals surface area contributed by atoms with Gasteiger partial charge in [-0.25, -0.2) is 0 Å². The lowest BCUT2D eigenvalue weighted by molar-refractivity contribution is 0.0550. The highest BCUT2D eigenvalue weighted by molar-refractivity contribution is 5.01. The van der Waals surface area contributed by atoms with Gasteiger partial charge in [-0.2, -0.15) is 0 Å². The summed E-state index contributed by atoms with van der Waals surface area (Å²) in [4.78, 5) is 0. The van der Waals surface area contributed by atoms with Crippen LogP contribution in [-0.2, 0) is 0 Å². The zero-order valence-electron chi connectivity index (χ0n) is 9.01. The third-order valence-electron chi connectivity index (χ3n) is 3.89. The molecular weight excluding hydrogens is 160 g/mol. The van der Waals surface area contributed by atoms with Gasteiger partial charge in [0.15, 0.2) is 0 Å². The fourth-order valence-electron chi connectivity index (χ4n) is 2.51. The molecule has 2 N–H and O–H groups in total. The standard InChI is InChI=1S/C11H22N2/c1-7(2)8(3)13-11-9-4-10(11)6-12-5-9/h7-13H,4-6H2,1-3H3. The Labute approximate surface area is 81.5 Å². The van der Waals surface area contributed by atoms with E-state index in [9.17, 15) is 0 Å². The van der Waals surface area contributed by atoms with Crippen LogP contribution in [-0.4, -0.2) is 25.2 Å². The van der Waals surface area contributed by atoms with Gasteiger partial charge in [0, 0.05) is 12.1 Å². The van der Waals surface area contributed by atoms with E-state index in [1.54, 1.807) is 0 Å². The minimum absolute atomic E-state index is 0.674. The van der Waals surface area contributed by atoms with Gasteiger partial charge < -0.3 is 10.6 Å². The molecule has 2 saturated heterocycles. The molecule has 2 nitrogen and oxygen atoms in total. The van der Waals surface area contributed by atoms with Crippen LogP contribution in [0.4, 0.5) is 0 Å². The summed E-state index contributed by atoms with van der Waals surface area (Å²) in [5.74, 6) is 2.59. The molecular formula is C11H22N2. The molecule has 1 aliphatic carbocycles. The first-order chi connectivity index (χ1) is 6.18. The normalized spacial score (nSPS) is 40.2. The van der Waals surface area contributed by atoms with Crippen molar-refractivity contribution in [3.05, 3.63) is 0 Å². The molecule has 3 unspecified atom stereocenters. The van der Waals surface area contributed by atoms with Crippen molar-refractivity contribution in [2.75, 3.05) is 13.1 Å². The maximum Gasteiger partial charge on any atom is 0.0151 e. The molecule has 76 valence electrons. The highest BCUT2D eigenvalue weighted by atomic mass is 15.0. The largest absolute Gasteiger partial charge is 0.316 e. The topological polar surface area (TPSA) is 24.1 Å². The van der Waals surface area contributed by atoms with Crippen molar-refractivity contribution < 1.29 is 0 Å². The second-order valence-electron chi connectivity index (χ2n) is 5.14. The number of nitrogens with one attached hydrogen (secondary N) is 2. The van der Waals surface area contributed by atoms with Crippen LogP contribution >= 0.6 is 0 Å². The summed E-state index contributed by atoms with van der Waals surface area (Å²) in [5.41, 5.74) is 0. The lowest BCUT2D eigenvalue weighted by Crippen LogP contribution is -2.64. The molecule has 13 heavy (non-hydrogen) atoms. The summed E-state index contributed by atoms with van der Waals surface area (Å²) in [6.07, 6.45) is 1.45. The van der Waals surface area contributed by atoms with E-state index < -0.39 is 0 Å².